The molecule has 3 rings (SSSR count). The average molecular weight is 274 g/mol. The van der Waals surface area contributed by atoms with E-state index < -0.39 is 9.05 Å². The fourth-order valence-electron chi connectivity index (χ4n) is 1.58. The Morgan fingerprint density at radius 3 is 2.75 bits per heavy atom. The quantitative estimate of drug-likeness (QED) is 0.790. The van der Waals surface area contributed by atoms with Crippen LogP contribution >= 0.6 is 22.0 Å². The average Bonchev–Trinajstić information content (AvgIpc) is 2.96. The summed E-state index contributed by atoms with van der Waals surface area (Å²) in [4.78, 5) is 4.62. The summed E-state index contributed by atoms with van der Waals surface area (Å²) in [6, 6.07) is 4.81. The number of nitrogens with zero attached hydrogens (tertiary/aromatic N) is 1. The van der Waals surface area contributed by atoms with Gasteiger partial charge < -0.3 is 0 Å². The maximum absolute atomic E-state index is 11.2. The van der Waals surface area contributed by atoms with E-state index in [1.165, 1.54) is 18.9 Å². The van der Waals surface area contributed by atoms with Gasteiger partial charge >= 0.3 is 0 Å². The molecule has 2 aromatic rings. The van der Waals surface area contributed by atoms with Gasteiger partial charge in [0, 0.05) is 16.6 Å². The first-order valence-electron chi connectivity index (χ1n) is 4.89. The lowest BCUT2D eigenvalue weighted by Crippen LogP contribution is -1.88. The molecule has 1 aliphatic carbocycles. The van der Waals surface area contributed by atoms with Crippen LogP contribution in [0.3, 0.4) is 0 Å². The summed E-state index contributed by atoms with van der Waals surface area (Å²) in [6.45, 7) is 0. The third kappa shape index (κ3) is 1.83. The van der Waals surface area contributed by atoms with E-state index in [1.807, 2.05) is 0 Å². The summed E-state index contributed by atoms with van der Waals surface area (Å²) < 4.78 is 23.3. The second-order valence-corrected chi connectivity index (χ2v) is 7.52. The Morgan fingerprint density at radius 1 is 1.38 bits per heavy atom. The molecule has 0 N–H and O–H groups in total. The van der Waals surface area contributed by atoms with Crippen LogP contribution in [-0.2, 0) is 9.05 Å². The van der Waals surface area contributed by atoms with Crippen LogP contribution < -0.4 is 0 Å². The molecule has 0 spiro atoms. The largest absolute Gasteiger partial charge is 0.261 e. The number of hydrogen-bond acceptors (Lipinski definition) is 4. The molecule has 16 heavy (non-hydrogen) atoms. The van der Waals surface area contributed by atoms with Crippen LogP contribution in [0.25, 0.3) is 10.2 Å². The number of benzene rings is 1. The minimum absolute atomic E-state index is 0.146. The van der Waals surface area contributed by atoms with Gasteiger partial charge in [-0.1, -0.05) is 0 Å². The molecular formula is C10H8ClNO2S2. The molecule has 3 nitrogen and oxygen atoms in total. The fourth-order valence-corrected chi connectivity index (χ4v) is 3.61. The number of halogens is 1. The number of thiazole rings is 1. The van der Waals surface area contributed by atoms with Gasteiger partial charge in [-0.2, -0.15) is 0 Å². The van der Waals surface area contributed by atoms with Crippen LogP contribution in [0.15, 0.2) is 23.1 Å². The highest BCUT2D eigenvalue weighted by Crippen LogP contribution is 2.43. The Balaban J connectivity index is 2.17. The second kappa shape index (κ2) is 3.42. The molecule has 84 valence electrons. The van der Waals surface area contributed by atoms with Crippen molar-refractivity contribution < 1.29 is 8.42 Å². The van der Waals surface area contributed by atoms with Gasteiger partial charge in [0.25, 0.3) is 9.05 Å². The van der Waals surface area contributed by atoms with Crippen molar-refractivity contribution in [1.82, 2.24) is 4.98 Å². The Kier molecular flexibility index (Phi) is 2.24. The van der Waals surface area contributed by atoms with Gasteiger partial charge in [0.05, 0.1) is 20.1 Å². The SMILES string of the molecule is O=S(=O)(Cl)c1ccc2nc(C3CC3)sc2c1. The molecule has 0 saturated heterocycles. The first kappa shape index (κ1) is 10.5. The summed E-state index contributed by atoms with van der Waals surface area (Å²) in [6.07, 6.45) is 2.39. The number of hydrogen-bond donors (Lipinski definition) is 0. The molecular weight excluding hydrogens is 266 g/mol. The van der Waals surface area contributed by atoms with Gasteiger partial charge in [-0.05, 0) is 31.0 Å². The van der Waals surface area contributed by atoms with Gasteiger partial charge in [0.2, 0.25) is 0 Å². The minimum atomic E-state index is -3.64. The standard InChI is InChI=1S/C10H8ClNO2S2/c11-16(13,14)7-3-4-8-9(5-7)15-10(12-8)6-1-2-6/h3-6H,1-2H2. The molecule has 0 atom stereocenters. The zero-order valence-corrected chi connectivity index (χ0v) is 10.6. The number of rotatable bonds is 2. The van der Waals surface area contributed by atoms with E-state index in [0.29, 0.717) is 5.92 Å². The Bertz CT molecular complexity index is 659. The van der Waals surface area contributed by atoms with Crippen LogP contribution in [0, 0.1) is 0 Å². The van der Waals surface area contributed by atoms with Crippen molar-refractivity contribution in [2.75, 3.05) is 0 Å². The molecule has 0 bridgehead atoms. The molecule has 0 unspecified atom stereocenters. The van der Waals surface area contributed by atoms with Gasteiger partial charge in [-0.3, -0.25) is 0 Å². The third-order valence-electron chi connectivity index (χ3n) is 2.58. The highest BCUT2D eigenvalue weighted by Gasteiger charge is 2.27. The maximum atomic E-state index is 11.2. The highest BCUT2D eigenvalue weighted by atomic mass is 35.7. The van der Waals surface area contributed by atoms with Crippen LogP contribution in [0.5, 0.6) is 0 Å². The van der Waals surface area contributed by atoms with E-state index in [2.05, 4.69) is 4.98 Å². The molecule has 1 saturated carbocycles. The normalized spacial score (nSPS) is 16.8. The van der Waals surface area contributed by atoms with E-state index >= 15 is 0 Å². The summed E-state index contributed by atoms with van der Waals surface area (Å²) in [5, 5.41) is 1.11. The maximum Gasteiger partial charge on any atom is 0.261 e. The van der Waals surface area contributed by atoms with E-state index in [0.717, 1.165) is 15.2 Å². The topological polar surface area (TPSA) is 47.0 Å². The molecule has 0 amide bonds. The molecule has 6 heteroatoms. The zero-order chi connectivity index (χ0) is 11.3. The molecule has 1 aliphatic rings. The van der Waals surface area contributed by atoms with Crippen molar-refractivity contribution in [3.8, 4) is 0 Å². The van der Waals surface area contributed by atoms with Crippen LogP contribution in [0.1, 0.15) is 23.8 Å². The summed E-state index contributed by atoms with van der Waals surface area (Å²) in [5.74, 6) is 0.591. The molecule has 1 fully saturated rings. The van der Waals surface area contributed by atoms with E-state index in [9.17, 15) is 8.42 Å². The molecule has 0 radical (unpaired) electrons. The van der Waals surface area contributed by atoms with E-state index in [4.69, 9.17) is 10.7 Å². The minimum Gasteiger partial charge on any atom is -0.241 e. The second-order valence-electron chi connectivity index (χ2n) is 3.89. The van der Waals surface area contributed by atoms with Gasteiger partial charge in [-0.25, -0.2) is 13.4 Å². The zero-order valence-electron chi connectivity index (χ0n) is 8.18. The van der Waals surface area contributed by atoms with Crippen LogP contribution in [0.2, 0.25) is 0 Å². The lowest BCUT2D eigenvalue weighted by molar-refractivity contribution is 0.609. The fraction of sp³-hybridized carbons (Fsp3) is 0.300. The van der Waals surface area contributed by atoms with Crippen molar-refractivity contribution in [3.63, 3.8) is 0 Å². The first-order valence-corrected chi connectivity index (χ1v) is 8.02. The Hall–Kier alpha value is -0.650. The number of fused-ring (bicyclic) bond motifs is 1. The Labute approximate surface area is 101 Å². The predicted octanol–water partition coefficient (Wildman–Crippen LogP) is 3.10. The monoisotopic (exact) mass is 273 g/mol. The number of aromatic nitrogens is 1. The van der Waals surface area contributed by atoms with Crippen LogP contribution in [-0.4, -0.2) is 13.4 Å². The van der Waals surface area contributed by atoms with Crippen molar-refractivity contribution in [2.45, 2.75) is 23.7 Å². The molecule has 1 aromatic heterocycles. The lowest BCUT2D eigenvalue weighted by Gasteiger charge is -1.94. The highest BCUT2D eigenvalue weighted by molar-refractivity contribution is 8.13. The summed E-state index contributed by atoms with van der Waals surface area (Å²) in [7, 11) is 1.66. The van der Waals surface area contributed by atoms with Crippen LogP contribution in [0.4, 0.5) is 0 Å². The smallest absolute Gasteiger partial charge is 0.241 e. The van der Waals surface area contributed by atoms with Crippen molar-refractivity contribution in [1.29, 1.82) is 0 Å². The van der Waals surface area contributed by atoms with E-state index in [1.54, 1.807) is 23.5 Å². The molecule has 0 aliphatic heterocycles. The third-order valence-corrected chi connectivity index (χ3v) is 5.12. The van der Waals surface area contributed by atoms with Crippen molar-refractivity contribution >= 4 is 41.3 Å². The summed E-state index contributed by atoms with van der Waals surface area (Å²) >= 11 is 1.56. The van der Waals surface area contributed by atoms with Gasteiger partial charge in [-0.15, -0.1) is 11.3 Å². The first-order chi connectivity index (χ1) is 7.54. The predicted molar refractivity (Wildman–Crippen MR) is 64.6 cm³/mol. The van der Waals surface area contributed by atoms with E-state index in [-0.39, 0.29) is 4.90 Å². The molecule has 1 aromatic carbocycles. The van der Waals surface area contributed by atoms with Gasteiger partial charge in [0.15, 0.2) is 0 Å². The van der Waals surface area contributed by atoms with Gasteiger partial charge in [0.1, 0.15) is 0 Å². The van der Waals surface area contributed by atoms with Crippen molar-refractivity contribution in [2.24, 2.45) is 0 Å². The summed E-state index contributed by atoms with van der Waals surface area (Å²) in [5.41, 5.74) is 0.857. The Morgan fingerprint density at radius 2 is 2.12 bits per heavy atom. The van der Waals surface area contributed by atoms with Crippen molar-refractivity contribution in [3.05, 3.63) is 23.2 Å². The molecule has 1 heterocycles. The lowest BCUT2D eigenvalue weighted by atomic mass is 10.3.